The van der Waals surface area contributed by atoms with E-state index in [2.05, 4.69) is 16.2 Å². The summed E-state index contributed by atoms with van der Waals surface area (Å²) < 4.78 is 40.9. The summed E-state index contributed by atoms with van der Waals surface area (Å²) in [7, 11) is 0. The van der Waals surface area contributed by atoms with Crippen LogP contribution in [0.15, 0.2) is 30.9 Å². The molecular weight excluding hydrogens is 305 g/mol. The molecule has 0 radical (unpaired) electrons. The monoisotopic (exact) mass is 320 g/mol. The van der Waals surface area contributed by atoms with Crippen molar-refractivity contribution in [3.8, 4) is 5.75 Å². The summed E-state index contributed by atoms with van der Waals surface area (Å²) in [6.45, 7) is 7.52. The smallest absolute Gasteiger partial charge is 0.404 e. The number of piperazine rings is 1. The van der Waals surface area contributed by atoms with E-state index in [0.717, 1.165) is 19.6 Å². The van der Waals surface area contributed by atoms with Crippen molar-refractivity contribution in [3.05, 3.63) is 35.9 Å². The number of benzene rings is 1. The van der Waals surface area contributed by atoms with Crippen LogP contribution in [-0.2, 0) is 0 Å². The zero-order valence-electron chi connectivity index (χ0n) is 11.4. The maximum atomic E-state index is 12.3. The fourth-order valence-corrected chi connectivity index (χ4v) is 2.58. The van der Waals surface area contributed by atoms with Crippen molar-refractivity contribution in [2.75, 3.05) is 37.6 Å². The summed E-state index contributed by atoms with van der Waals surface area (Å²) in [5.41, 5.74) is 0.566. The number of anilines is 1. The second kappa shape index (κ2) is 6.58. The Morgan fingerprint density at radius 2 is 1.90 bits per heavy atom. The molecule has 1 saturated heterocycles. The minimum absolute atomic E-state index is 0.00741. The minimum Gasteiger partial charge on any atom is -0.404 e. The van der Waals surface area contributed by atoms with E-state index >= 15 is 0 Å². The largest absolute Gasteiger partial charge is 0.573 e. The van der Waals surface area contributed by atoms with Crippen LogP contribution in [0.1, 0.15) is 0 Å². The molecular formula is C14H16ClF3N2O. The van der Waals surface area contributed by atoms with Gasteiger partial charge in [0.15, 0.2) is 0 Å². The molecule has 1 aromatic carbocycles. The summed E-state index contributed by atoms with van der Waals surface area (Å²) in [4.78, 5) is 4.18. The van der Waals surface area contributed by atoms with E-state index < -0.39 is 6.36 Å². The standard InChI is InChI=1S/C14H16ClF3N2O/c1-2-6-19-7-9-20(10-8-19)11-4-3-5-12(13(11)15)21-14(16,17)18/h2-5H,1,6-10H2. The molecule has 7 heteroatoms. The molecule has 3 nitrogen and oxygen atoms in total. The molecule has 21 heavy (non-hydrogen) atoms. The Hall–Kier alpha value is -1.40. The lowest BCUT2D eigenvalue weighted by molar-refractivity contribution is -0.274. The molecule has 1 aliphatic heterocycles. The van der Waals surface area contributed by atoms with Gasteiger partial charge in [0.2, 0.25) is 0 Å². The third-order valence-electron chi connectivity index (χ3n) is 3.27. The van der Waals surface area contributed by atoms with Crippen molar-refractivity contribution < 1.29 is 17.9 Å². The number of alkyl halides is 3. The van der Waals surface area contributed by atoms with Crippen LogP contribution in [0.25, 0.3) is 0 Å². The first-order chi connectivity index (χ1) is 9.90. The quantitative estimate of drug-likeness (QED) is 0.789. The molecule has 0 spiro atoms. The van der Waals surface area contributed by atoms with E-state index in [1.807, 2.05) is 11.0 Å². The fourth-order valence-electron chi connectivity index (χ4n) is 2.30. The Morgan fingerprint density at radius 1 is 1.24 bits per heavy atom. The average molecular weight is 321 g/mol. The van der Waals surface area contributed by atoms with Crippen molar-refractivity contribution >= 4 is 17.3 Å². The summed E-state index contributed by atoms with van der Waals surface area (Å²) >= 11 is 6.05. The summed E-state index contributed by atoms with van der Waals surface area (Å²) in [6, 6.07) is 4.43. The second-order valence-corrected chi connectivity index (χ2v) is 5.09. The van der Waals surface area contributed by atoms with E-state index in [-0.39, 0.29) is 10.8 Å². The maximum Gasteiger partial charge on any atom is 0.573 e. The van der Waals surface area contributed by atoms with Crippen LogP contribution in [0.5, 0.6) is 5.75 Å². The maximum absolute atomic E-state index is 12.3. The highest BCUT2D eigenvalue weighted by Crippen LogP contribution is 2.37. The first-order valence-corrected chi connectivity index (χ1v) is 6.91. The minimum atomic E-state index is -4.75. The number of rotatable bonds is 4. The van der Waals surface area contributed by atoms with Crippen LogP contribution in [0.3, 0.4) is 0 Å². The Labute approximate surface area is 126 Å². The summed E-state index contributed by atoms with van der Waals surface area (Å²) in [5.74, 6) is -0.366. The predicted molar refractivity (Wildman–Crippen MR) is 77.0 cm³/mol. The SMILES string of the molecule is C=CCN1CCN(c2cccc(OC(F)(F)F)c2Cl)CC1. The van der Waals surface area contributed by atoms with Gasteiger partial charge in [0.25, 0.3) is 0 Å². The Balaban J connectivity index is 2.11. The van der Waals surface area contributed by atoms with Gasteiger partial charge in [0.1, 0.15) is 10.8 Å². The van der Waals surface area contributed by atoms with Crippen LogP contribution in [0.4, 0.5) is 18.9 Å². The van der Waals surface area contributed by atoms with Gasteiger partial charge in [-0.25, -0.2) is 0 Å². The van der Waals surface area contributed by atoms with E-state index in [1.165, 1.54) is 12.1 Å². The van der Waals surface area contributed by atoms with Crippen molar-refractivity contribution in [2.24, 2.45) is 0 Å². The zero-order valence-corrected chi connectivity index (χ0v) is 12.1. The van der Waals surface area contributed by atoms with E-state index in [4.69, 9.17) is 11.6 Å². The summed E-state index contributed by atoms with van der Waals surface area (Å²) in [6.07, 6.45) is -2.91. The highest BCUT2D eigenvalue weighted by atomic mass is 35.5. The topological polar surface area (TPSA) is 15.7 Å². The Kier molecular flexibility index (Phi) is 5.00. The van der Waals surface area contributed by atoms with Gasteiger partial charge >= 0.3 is 6.36 Å². The zero-order chi connectivity index (χ0) is 15.5. The predicted octanol–water partition coefficient (Wildman–Crippen LogP) is 3.55. The van der Waals surface area contributed by atoms with E-state index in [1.54, 1.807) is 6.07 Å². The highest BCUT2D eigenvalue weighted by molar-refractivity contribution is 6.34. The summed E-state index contributed by atoms with van der Waals surface area (Å²) in [5, 5.41) is -0.00741. The molecule has 1 aromatic rings. The number of hydrogen-bond acceptors (Lipinski definition) is 3. The van der Waals surface area contributed by atoms with Gasteiger partial charge in [0, 0.05) is 32.7 Å². The van der Waals surface area contributed by atoms with Crippen molar-refractivity contribution in [3.63, 3.8) is 0 Å². The fraction of sp³-hybridized carbons (Fsp3) is 0.429. The van der Waals surface area contributed by atoms with Crippen LogP contribution >= 0.6 is 11.6 Å². The lowest BCUT2D eigenvalue weighted by Crippen LogP contribution is -2.46. The molecule has 0 saturated carbocycles. The molecule has 0 aliphatic carbocycles. The van der Waals surface area contributed by atoms with Gasteiger partial charge < -0.3 is 9.64 Å². The van der Waals surface area contributed by atoms with Crippen LogP contribution in [0.2, 0.25) is 5.02 Å². The molecule has 0 atom stereocenters. The highest BCUT2D eigenvalue weighted by Gasteiger charge is 2.32. The molecule has 1 fully saturated rings. The number of halogens is 4. The van der Waals surface area contributed by atoms with Crippen LogP contribution in [-0.4, -0.2) is 44.0 Å². The van der Waals surface area contributed by atoms with Gasteiger partial charge in [0.05, 0.1) is 5.69 Å². The third-order valence-corrected chi connectivity index (χ3v) is 3.65. The molecule has 0 amide bonds. The van der Waals surface area contributed by atoms with Crippen molar-refractivity contribution in [2.45, 2.75) is 6.36 Å². The third kappa shape index (κ3) is 4.28. The number of ether oxygens (including phenoxy) is 1. The van der Waals surface area contributed by atoms with Crippen molar-refractivity contribution in [1.82, 2.24) is 4.90 Å². The van der Waals surface area contributed by atoms with E-state index in [0.29, 0.717) is 18.8 Å². The van der Waals surface area contributed by atoms with Crippen LogP contribution < -0.4 is 9.64 Å². The van der Waals surface area contributed by atoms with Gasteiger partial charge in [-0.2, -0.15) is 0 Å². The molecule has 116 valence electrons. The van der Waals surface area contributed by atoms with Crippen LogP contribution in [0, 0.1) is 0 Å². The number of hydrogen-bond donors (Lipinski definition) is 0. The lowest BCUT2D eigenvalue weighted by atomic mass is 10.2. The molecule has 0 N–H and O–H groups in total. The Morgan fingerprint density at radius 3 is 2.48 bits per heavy atom. The molecule has 0 unspecified atom stereocenters. The van der Waals surface area contributed by atoms with Gasteiger partial charge in [-0.1, -0.05) is 23.7 Å². The first kappa shape index (κ1) is 16.0. The first-order valence-electron chi connectivity index (χ1n) is 6.53. The molecule has 0 aromatic heterocycles. The normalized spacial score (nSPS) is 16.9. The molecule has 1 heterocycles. The van der Waals surface area contributed by atoms with Gasteiger partial charge in [-0.05, 0) is 12.1 Å². The van der Waals surface area contributed by atoms with Gasteiger partial charge in [-0.15, -0.1) is 19.8 Å². The number of nitrogens with zero attached hydrogens (tertiary/aromatic N) is 2. The van der Waals surface area contributed by atoms with E-state index in [9.17, 15) is 13.2 Å². The Bertz CT molecular complexity index is 499. The molecule has 2 rings (SSSR count). The molecule has 1 aliphatic rings. The molecule has 0 bridgehead atoms. The second-order valence-electron chi connectivity index (χ2n) is 4.71. The van der Waals surface area contributed by atoms with Gasteiger partial charge in [-0.3, -0.25) is 4.90 Å². The lowest BCUT2D eigenvalue weighted by Gasteiger charge is -2.36. The van der Waals surface area contributed by atoms with Crippen molar-refractivity contribution in [1.29, 1.82) is 0 Å². The average Bonchev–Trinajstić information content (AvgIpc) is 2.41.